The van der Waals surface area contributed by atoms with Crippen molar-refractivity contribution in [2.75, 3.05) is 43.6 Å². The van der Waals surface area contributed by atoms with E-state index in [9.17, 15) is 4.79 Å². The first-order valence-electron chi connectivity index (χ1n) is 10.2. The number of rotatable bonds is 9. The molecule has 0 bridgehead atoms. The van der Waals surface area contributed by atoms with Crippen molar-refractivity contribution < 1.29 is 14.3 Å². The first-order chi connectivity index (χ1) is 14.6. The monoisotopic (exact) mass is 426 g/mol. The highest BCUT2D eigenvalue weighted by Crippen LogP contribution is 2.28. The van der Waals surface area contributed by atoms with E-state index in [-0.39, 0.29) is 12.5 Å². The summed E-state index contributed by atoms with van der Waals surface area (Å²) in [5.41, 5.74) is 4.16. The quantitative estimate of drug-likeness (QED) is 0.606. The average molecular weight is 427 g/mol. The molecule has 1 aliphatic heterocycles. The Labute approximate surface area is 183 Å². The summed E-state index contributed by atoms with van der Waals surface area (Å²) >= 11 is 2.01. The Hall–Kier alpha value is -2.44. The van der Waals surface area contributed by atoms with Crippen LogP contribution < -0.4 is 14.8 Å². The van der Waals surface area contributed by atoms with Crippen LogP contribution in [0.1, 0.15) is 16.7 Å². The molecule has 30 heavy (non-hydrogen) atoms. The van der Waals surface area contributed by atoms with Gasteiger partial charge in [-0.05, 0) is 48.2 Å². The fraction of sp³-hybridized carbons (Fsp3) is 0.375. The summed E-state index contributed by atoms with van der Waals surface area (Å²) in [4.78, 5) is 15.0. The summed E-state index contributed by atoms with van der Waals surface area (Å²) in [6.45, 7) is 8.81. The van der Waals surface area contributed by atoms with E-state index in [1.54, 1.807) is 7.11 Å². The van der Waals surface area contributed by atoms with Crippen LogP contribution in [0.25, 0.3) is 0 Å². The van der Waals surface area contributed by atoms with E-state index in [0.717, 1.165) is 42.9 Å². The van der Waals surface area contributed by atoms with Gasteiger partial charge in [0, 0.05) is 36.8 Å². The van der Waals surface area contributed by atoms with Crippen molar-refractivity contribution >= 4 is 23.4 Å². The number of allylic oxidation sites excluding steroid dienone is 1. The van der Waals surface area contributed by atoms with Crippen molar-refractivity contribution in [2.24, 2.45) is 0 Å². The molecule has 1 fully saturated rings. The Morgan fingerprint density at radius 1 is 1.17 bits per heavy atom. The molecule has 1 N–H and O–H groups in total. The van der Waals surface area contributed by atoms with Crippen molar-refractivity contribution in [1.82, 2.24) is 4.90 Å². The Bertz CT molecular complexity index is 879. The molecule has 160 valence electrons. The van der Waals surface area contributed by atoms with E-state index >= 15 is 0 Å². The molecule has 0 spiro atoms. The maximum Gasteiger partial charge on any atom is 0.262 e. The second-order valence-corrected chi connectivity index (χ2v) is 8.58. The summed E-state index contributed by atoms with van der Waals surface area (Å²) < 4.78 is 11.1. The van der Waals surface area contributed by atoms with Crippen molar-refractivity contribution in [3.63, 3.8) is 0 Å². The molecule has 0 radical (unpaired) electrons. The number of thioether (sulfide) groups is 1. The van der Waals surface area contributed by atoms with Gasteiger partial charge in [-0.15, -0.1) is 6.58 Å². The van der Waals surface area contributed by atoms with Gasteiger partial charge < -0.3 is 14.8 Å². The first-order valence-corrected chi connectivity index (χ1v) is 11.3. The predicted octanol–water partition coefficient (Wildman–Crippen LogP) is 4.30. The Morgan fingerprint density at radius 2 is 1.93 bits per heavy atom. The Kier molecular flexibility index (Phi) is 8.22. The second-order valence-electron chi connectivity index (χ2n) is 7.35. The summed E-state index contributed by atoms with van der Waals surface area (Å²) in [6, 6.07) is 11.9. The Balaban J connectivity index is 1.59. The van der Waals surface area contributed by atoms with Gasteiger partial charge in [0.05, 0.1) is 7.11 Å². The zero-order valence-electron chi connectivity index (χ0n) is 17.8. The maximum atomic E-state index is 12.5. The number of hydrogen-bond acceptors (Lipinski definition) is 5. The lowest BCUT2D eigenvalue weighted by Gasteiger charge is -2.26. The number of aryl methyl sites for hydroxylation is 1. The van der Waals surface area contributed by atoms with Crippen molar-refractivity contribution in [3.8, 4) is 11.5 Å². The van der Waals surface area contributed by atoms with E-state index in [1.807, 2.05) is 43.0 Å². The summed E-state index contributed by atoms with van der Waals surface area (Å²) in [6.07, 6.45) is 2.59. The third kappa shape index (κ3) is 6.28. The van der Waals surface area contributed by atoms with Crippen LogP contribution in [0.5, 0.6) is 11.5 Å². The van der Waals surface area contributed by atoms with Crippen LogP contribution in [0, 0.1) is 6.92 Å². The van der Waals surface area contributed by atoms with Crippen LogP contribution >= 0.6 is 11.8 Å². The normalized spacial score (nSPS) is 14.2. The molecule has 6 heteroatoms. The summed E-state index contributed by atoms with van der Waals surface area (Å²) in [7, 11) is 1.59. The van der Waals surface area contributed by atoms with E-state index in [1.165, 1.54) is 17.1 Å². The number of anilines is 1. The number of amides is 1. The van der Waals surface area contributed by atoms with E-state index < -0.39 is 0 Å². The van der Waals surface area contributed by atoms with Gasteiger partial charge in [-0.3, -0.25) is 9.69 Å². The first kappa shape index (κ1) is 22.2. The fourth-order valence-corrected chi connectivity index (χ4v) is 4.35. The molecule has 1 aliphatic rings. The van der Waals surface area contributed by atoms with Crippen LogP contribution in [0.2, 0.25) is 0 Å². The standard InChI is InChI=1S/C24H30N2O3S/c1-4-5-19-8-9-22(23(15-19)28-3)29-17-24(27)25-21-14-20(7-6-18(21)2)16-26-10-12-30-13-11-26/h4,6-9,14-15H,1,5,10-13,16-17H2,2-3H3,(H,25,27). The van der Waals surface area contributed by atoms with Gasteiger partial charge in [0.25, 0.3) is 5.91 Å². The van der Waals surface area contributed by atoms with Gasteiger partial charge in [-0.2, -0.15) is 11.8 Å². The number of methoxy groups -OCH3 is 1. The zero-order valence-corrected chi connectivity index (χ0v) is 18.6. The van der Waals surface area contributed by atoms with Gasteiger partial charge in [0.1, 0.15) is 0 Å². The van der Waals surface area contributed by atoms with Gasteiger partial charge in [0.15, 0.2) is 18.1 Å². The molecule has 1 heterocycles. The maximum absolute atomic E-state index is 12.5. The summed E-state index contributed by atoms with van der Waals surface area (Å²) in [5.74, 6) is 3.34. The van der Waals surface area contributed by atoms with Gasteiger partial charge in [0.2, 0.25) is 0 Å². The minimum atomic E-state index is -0.193. The van der Waals surface area contributed by atoms with E-state index in [2.05, 4.69) is 35.0 Å². The van der Waals surface area contributed by atoms with Gasteiger partial charge in [-0.1, -0.05) is 24.3 Å². The smallest absolute Gasteiger partial charge is 0.262 e. The van der Waals surface area contributed by atoms with Crippen LogP contribution in [-0.4, -0.2) is 49.1 Å². The molecule has 0 unspecified atom stereocenters. The van der Waals surface area contributed by atoms with Crippen LogP contribution in [-0.2, 0) is 17.8 Å². The fourth-order valence-electron chi connectivity index (χ4n) is 3.37. The zero-order chi connectivity index (χ0) is 21.3. The third-order valence-electron chi connectivity index (χ3n) is 5.05. The van der Waals surface area contributed by atoms with Crippen molar-refractivity contribution in [3.05, 3.63) is 65.7 Å². The number of carbonyl (C=O) groups excluding carboxylic acids is 1. The van der Waals surface area contributed by atoms with Crippen LogP contribution in [0.3, 0.4) is 0 Å². The Morgan fingerprint density at radius 3 is 2.67 bits per heavy atom. The van der Waals surface area contributed by atoms with Gasteiger partial charge >= 0.3 is 0 Å². The molecule has 5 nitrogen and oxygen atoms in total. The minimum Gasteiger partial charge on any atom is -0.493 e. The van der Waals surface area contributed by atoms with Crippen LogP contribution in [0.15, 0.2) is 49.1 Å². The molecule has 2 aromatic rings. The number of ether oxygens (including phenoxy) is 2. The topological polar surface area (TPSA) is 50.8 Å². The largest absolute Gasteiger partial charge is 0.493 e. The molecule has 0 atom stereocenters. The molecule has 2 aromatic carbocycles. The van der Waals surface area contributed by atoms with E-state index in [4.69, 9.17) is 9.47 Å². The molecule has 0 saturated carbocycles. The van der Waals surface area contributed by atoms with Crippen LogP contribution in [0.4, 0.5) is 5.69 Å². The van der Waals surface area contributed by atoms with Gasteiger partial charge in [-0.25, -0.2) is 0 Å². The predicted molar refractivity (Wildman–Crippen MR) is 125 cm³/mol. The second kappa shape index (κ2) is 11.1. The lowest BCUT2D eigenvalue weighted by molar-refractivity contribution is -0.118. The SMILES string of the molecule is C=CCc1ccc(OCC(=O)Nc2cc(CN3CCSCC3)ccc2C)c(OC)c1. The molecular weight excluding hydrogens is 396 g/mol. The van der Waals surface area contributed by atoms with E-state index in [0.29, 0.717) is 11.5 Å². The lowest BCUT2D eigenvalue weighted by Crippen LogP contribution is -2.32. The number of carbonyl (C=O) groups is 1. The molecule has 1 saturated heterocycles. The van der Waals surface area contributed by atoms with Crippen molar-refractivity contribution in [2.45, 2.75) is 19.9 Å². The third-order valence-corrected chi connectivity index (χ3v) is 6.00. The summed E-state index contributed by atoms with van der Waals surface area (Å²) in [5, 5.41) is 2.99. The number of nitrogens with one attached hydrogen (secondary N) is 1. The lowest BCUT2D eigenvalue weighted by atomic mass is 10.1. The average Bonchev–Trinajstić information content (AvgIpc) is 2.76. The molecule has 0 aliphatic carbocycles. The number of benzene rings is 2. The molecule has 1 amide bonds. The molecule has 0 aromatic heterocycles. The highest BCUT2D eigenvalue weighted by Gasteiger charge is 2.13. The minimum absolute atomic E-state index is 0.0792. The highest BCUT2D eigenvalue weighted by molar-refractivity contribution is 7.99. The number of nitrogens with zero attached hydrogens (tertiary/aromatic N) is 1. The molecular formula is C24H30N2O3S. The highest BCUT2D eigenvalue weighted by atomic mass is 32.2. The number of hydrogen-bond donors (Lipinski definition) is 1. The molecule has 3 rings (SSSR count). The van der Waals surface area contributed by atoms with Crippen molar-refractivity contribution in [1.29, 1.82) is 0 Å².